The van der Waals surface area contributed by atoms with Gasteiger partial charge in [0.15, 0.2) is 15.7 Å². The number of carbonyl (C=O) groups excluding carboxylic acids is 1. The topological polar surface area (TPSA) is 114 Å². The zero-order valence-electron chi connectivity index (χ0n) is 15.5. The summed E-state index contributed by atoms with van der Waals surface area (Å²) >= 11 is 0. The van der Waals surface area contributed by atoms with Crippen LogP contribution in [0.4, 0.5) is 16.2 Å². The van der Waals surface area contributed by atoms with Gasteiger partial charge in [-0.05, 0) is 42.8 Å². The van der Waals surface area contributed by atoms with Gasteiger partial charge in [0.2, 0.25) is 11.9 Å². The molecule has 1 aliphatic heterocycles. The molecule has 1 fully saturated rings. The van der Waals surface area contributed by atoms with Crippen molar-refractivity contribution in [3.8, 4) is 11.3 Å². The van der Waals surface area contributed by atoms with Crippen LogP contribution in [0.25, 0.3) is 22.3 Å². The van der Waals surface area contributed by atoms with Crippen molar-refractivity contribution in [1.29, 1.82) is 0 Å². The molecule has 1 saturated heterocycles. The van der Waals surface area contributed by atoms with Gasteiger partial charge in [-0.25, -0.2) is 22.8 Å². The number of halogens is 1. The highest BCUT2D eigenvalue weighted by Crippen LogP contribution is 2.27. The molecule has 1 unspecified atom stereocenters. The quantitative estimate of drug-likeness (QED) is 0.672. The van der Waals surface area contributed by atoms with Crippen LogP contribution in [0.2, 0.25) is 0 Å². The van der Waals surface area contributed by atoms with Gasteiger partial charge in [-0.3, -0.25) is 10.1 Å². The number of fused-ring (bicyclic) bond motifs is 1. The molecule has 4 rings (SSSR count). The number of sulfone groups is 1. The number of amides is 1. The fraction of sp³-hybridized carbons (Fsp3) is 0.263. The number of nitrogens with zero attached hydrogens (tertiary/aromatic N) is 3. The average molecular weight is 415 g/mol. The number of rotatable bonds is 4. The van der Waals surface area contributed by atoms with E-state index in [1.165, 1.54) is 19.1 Å². The molecule has 3 aromatic rings. The van der Waals surface area contributed by atoms with Crippen LogP contribution in [0.1, 0.15) is 13.3 Å². The van der Waals surface area contributed by atoms with Crippen LogP contribution < -0.4 is 10.6 Å². The molecule has 1 atom stereocenters. The Morgan fingerprint density at radius 3 is 2.52 bits per heavy atom. The molecule has 3 heterocycles. The van der Waals surface area contributed by atoms with Gasteiger partial charge in [0.05, 0.1) is 22.7 Å². The minimum atomic E-state index is -3.08. The van der Waals surface area contributed by atoms with Crippen LogP contribution in [-0.2, 0) is 14.6 Å². The average Bonchev–Trinajstić information content (AvgIpc) is 3.00. The first kappa shape index (κ1) is 19.2. The molecule has 29 heavy (non-hydrogen) atoms. The molecule has 0 aliphatic carbocycles. The predicted molar refractivity (Wildman–Crippen MR) is 108 cm³/mol. The number of pyridine rings is 1. The second-order valence-electron chi connectivity index (χ2n) is 6.89. The summed E-state index contributed by atoms with van der Waals surface area (Å²) in [5, 5.41) is 5.68. The van der Waals surface area contributed by atoms with Crippen molar-refractivity contribution in [3.63, 3.8) is 0 Å². The Bertz CT molecular complexity index is 1200. The summed E-state index contributed by atoms with van der Waals surface area (Å²) in [6.45, 7) is 1.35. The number of aromatic nitrogens is 3. The normalized spacial score (nSPS) is 17.9. The van der Waals surface area contributed by atoms with Gasteiger partial charge >= 0.3 is 0 Å². The van der Waals surface area contributed by atoms with Crippen LogP contribution in [0.5, 0.6) is 0 Å². The monoisotopic (exact) mass is 415 g/mol. The molecule has 0 spiro atoms. The Morgan fingerprint density at radius 1 is 1.10 bits per heavy atom. The lowest BCUT2D eigenvalue weighted by Crippen LogP contribution is -2.22. The third-order valence-corrected chi connectivity index (χ3v) is 6.31. The smallest absolute Gasteiger partial charge is 0.232 e. The summed E-state index contributed by atoms with van der Waals surface area (Å²) in [5.74, 6) is -0.113. The van der Waals surface area contributed by atoms with Crippen molar-refractivity contribution in [2.24, 2.45) is 0 Å². The van der Waals surface area contributed by atoms with Crippen LogP contribution >= 0.6 is 0 Å². The lowest BCUT2D eigenvalue weighted by Gasteiger charge is -2.15. The maximum absolute atomic E-state index is 13.2. The van der Waals surface area contributed by atoms with Gasteiger partial charge in [0.1, 0.15) is 11.3 Å². The molecule has 2 aromatic heterocycles. The minimum absolute atomic E-state index is 0.00557. The van der Waals surface area contributed by atoms with Crippen LogP contribution in [-0.4, -0.2) is 46.8 Å². The fourth-order valence-corrected chi connectivity index (χ4v) is 4.89. The summed E-state index contributed by atoms with van der Waals surface area (Å²) in [6.07, 6.45) is 0.459. The standard InChI is InChI=1S/C19H18FN5O3S/c1-11(26)21-19-24-16-7-6-15(12-2-4-13(20)5-3-12)23-17(16)18(25-19)22-14-8-9-29(27,28)10-14/h2-7,14H,8-10H2,1H3,(H2,21,22,24,25,26). The lowest BCUT2D eigenvalue weighted by atomic mass is 10.1. The summed E-state index contributed by atoms with van der Waals surface area (Å²) < 4.78 is 36.8. The van der Waals surface area contributed by atoms with E-state index in [2.05, 4.69) is 25.6 Å². The number of carbonyl (C=O) groups is 1. The number of anilines is 2. The molecule has 10 heteroatoms. The first-order chi connectivity index (χ1) is 13.8. The number of hydrogen-bond donors (Lipinski definition) is 2. The van der Waals surface area contributed by atoms with Gasteiger partial charge in [0.25, 0.3) is 0 Å². The number of benzene rings is 1. The van der Waals surface area contributed by atoms with E-state index < -0.39 is 9.84 Å². The van der Waals surface area contributed by atoms with Gasteiger partial charge in [-0.1, -0.05) is 0 Å². The predicted octanol–water partition coefficient (Wildman–Crippen LogP) is 2.39. The van der Waals surface area contributed by atoms with E-state index in [0.29, 0.717) is 34.5 Å². The number of hydrogen-bond acceptors (Lipinski definition) is 7. The largest absolute Gasteiger partial charge is 0.364 e. The van der Waals surface area contributed by atoms with Gasteiger partial charge in [-0.15, -0.1) is 0 Å². The molecule has 2 N–H and O–H groups in total. The third kappa shape index (κ3) is 4.32. The Morgan fingerprint density at radius 2 is 1.86 bits per heavy atom. The van der Waals surface area contributed by atoms with E-state index in [9.17, 15) is 17.6 Å². The SMILES string of the molecule is CC(=O)Nc1nc(NC2CCS(=O)(=O)C2)c2nc(-c3ccc(F)cc3)ccc2n1. The van der Waals surface area contributed by atoms with Crippen molar-refractivity contribution >= 4 is 38.5 Å². The highest BCUT2D eigenvalue weighted by Gasteiger charge is 2.28. The maximum Gasteiger partial charge on any atom is 0.232 e. The van der Waals surface area contributed by atoms with E-state index in [4.69, 9.17) is 0 Å². The molecule has 1 amide bonds. The zero-order chi connectivity index (χ0) is 20.6. The van der Waals surface area contributed by atoms with Crippen LogP contribution in [0.15, 0.2) is 36.4 Å². The maximum atomic E-state index is 13.2. The Balaban J connectivity index is 1.78. The second-order valence-corrected chi connectivity index (χ2v) is 9.12. The molecule has 1 aliphatic rings. The molecular weight excluding hydrogens is 397 g/mol. The van der Waals surface area contributed by atoms with Crippen molar-refractivity contribution < 1.29 is 17.6 Å². The fourth-order valence-electron chi connectivity index (χ4n) is 3.21. The Hall–Kier alpha value is -3.14. The third-order valence-electron chi connectivity index (χ3n) is 4.54. The van der Waals surface area contributed by atoms with Gasteiger partial charge < -0.3 is 5.32 Å². The molecule has 0 bridgehead atoms. The molecule has 8 nitrogen and oxygen atoms in total. The van der Waals surface area contributed by atoms with E-state index in [1.807, 2.05) is 0 Å². The highest BCUT2D eigenvalue weighted by molar-refractivity contribution is 7.91. The molecule has 0 saturated carbocycles. The second kappa shape index (κ2) is 7.36. The van der Waals surface area contributed by atoms with Crippen LogP contribution in [0, 0.1) is 5.82 Å². The van der Waals surface area contributed by atoms with Crippen molar-refractivity contribution in [2.45, 2.75) is 19.4 Å². The summed E-state index contributed by atoms with van der Waals surface area (Å²) in [4.78, 5) is 24.7. The van der Waals surface area contributed by atoms with Crippen molar-refractivity contribution in [1.82, 2.24) is 15.0 Å². The summed E-state index contributed by atoms with van der Waals surface area (Å²) in [7, 11) is -3.08. The van der Waals surface area contributed by atoms with E-state index >= 15 is 0 Å². The summed E-state index contributed by atoms with van der Waals surface area (Å²) in [6, 6.07) is 9.09. The Kier molecular flexibility index (Phi) is 4.87. The highest BCUT2D eigenvalue weighted by atomic mass is 32.2. The Labute approximate surface area is 166 Å². The van der Waals surface area contributed by atoms with E-state index in [0.717, 1.165) is 0 Å². The van der Waals surface area contributed by atoms with Gasteiger partial charge in [0, 0.05) is 18.5 Å². The lowest BCUT2D eigenvalue weighted by molar-refractivity contribution is -0.114. The van der Waals surface area contributed by atoms with Crippen LogP contribution in [0.3, 0.4) is 0 Å². The molecule has 1 aromatic carbocycles. The molecule has 0 radical (unpaired) electrons. The molecule has 150 valence electrons. The van der Waals surface area contributed by atoms with E-state index in [-0.39, 0.29) is 35.2 Å². The van der Waals surface area contributed by atoms with Crippen molar-refractivity contribution in [2.75, 3.05) is 22.1 Å². The van der Waals surface area contributed by atoms with E-state index in [1.54, 1.807) is 24.3 Å². The zero-order valence-corrected chi connectivity index (χ0v) is 16.3. The molecular formula is C19H18FN5O3S. The first-order valence-corrected chi connectivity index (χ1v) is 10.8. The first-order valence-electron chi connectivity index (χ1n) is 8.98. The van der Waals surface area contributed by atoms with Crippen molar-refractivity contribution in [3.05, 3.63) is 42.2 Å². The minimum Gasteiger partial charge on any atom is -0.364 e. The number of nitrogens with one attached hydrogen (secondary N) is 2. The summed E-state index contributed by atoms with van der Waals surface area (Å²) in [5.41, 5.74) is 2.23. The van der Waals surface area contributed by atoms with Gasteiger partial charge in [-0.2, -0.15) is 4.98 Å².